The van der Waals surface area contributed by atoms with Crippen molar-refractivity contribution in [2.75, 3.05) is 13.2 Å². The molecule has 5 nitrogen and oxygen atoms in total. The lowest BCUT2D eigenvalue weighted by Crippen LogP contribution is -2.27. The number of carbonyl (C=O) groups is 2. The zero-order valence-corrected chi connectivity index (χ0v) is 18.2. The Morgan fingerprint density at radius 2 is 0.889 bits per heavy atom. The van der Waals surface area contributed by atoms with Crippen molar-refractivity contribution in [3.8, 4) is 155 Å². The van der Waals surface area contributed by atoms with Gasteiger partial charge in [-0.25, -0.2) is 9.59 Å². The van der Waals surface area contributed by atoms with E-state index in [9.17, 15) is 14.7 Å². The monoisotopic (exact) mass is 460 g/mol. The molecule has 0 aliphatic carbocycles. The van der Waals surface area contributed by atoms with Crippen molar-refractivity contribution in [3.05, 3.63) is 0 Å². The Labute approximate surface area is 210 Å². The van der Waals surface area contributed by atoms with Crippen molar-refractivity contribution < 1.29 is 24.2 Å². The lowest BCUT2D eigenvalue weighted by Gasteiger charge is -2.12. The Balaban J connectivity index is 4.58. The number of esters is 2. The van der Waals surface area contributed by atoms with E-state index in [2.05, 4.69) is 142 Å². The van der Waals surface area contributed by atoms with Crippen LogP contribution in [-0.4, -0.2) is 36.4 Å². The fourth-order valence-electron chi connectivity index (χ4n) is 1.25. The molecule has 0 fully saturated rings. The van der Waals surface area contributed by atoms with Crippen LogP contribution in [0, 0.1) is 155 Å². The molecule has 0 radical (unpaired) electrons. The predicted octanol–water partition coefficient (Wildman–Crippen LogP) is -1.26. The average molecular weight is 460 g/mol. The van der Waals surface area contributed by atoms with E-state index in [0.717, 1.165) is 0 Å². The van der Waals surface area contributed by atoms with Gasteiger partial charge in [0, 0.05) is 11.8 Å². The van der Waals surface area contributed by atoms with E-state index < -0.39 is 31.3 Å². The van der Waals surface area contributed by atoms with Crippen molar-refractivity contribution in [2.24, 2.45) is 0 Å². The molecule has 36 heavy (non-hydrogen) atoms. The number of hydrogen-bond acceptors (Lipinski definition) is 5. The minimum absolute atomic E-state index is 0.452. The summed E-state index contributed by atoms with van der Waals surface area (Å²) in [4.78, 5) is 23.1. The third kappa shape index (κ3) is 20.5. The SMILES string of the molecule is C#CC#CC#CC#CC#CC#CC#CC(=O)O[C@H](CO)COC(=O)C#CC#CC#CC#CC#CC#C. The Morgan fingerprint density at radius 1 is 0.556 bits per heavy atom. The van der Waals surface area contributed by atoms with E-state index in [-0.39, 0.29) is 0 Å². The molecular formula is C31H8O5. The Morgan fingerprint density at radius 3 is 1.25 bits per heavy atom. The number of hydrogen-bond donors (Lipinski definition) is 1. The van der Waals surface area contributed by atoms with Crippen LogP contribution in [0.1, 0.15) is 0 Å². The number of terminal acetylenes is 2. The molecule has 0 aromatic heterocycles. The van der Waals surface area contributed by atoms with Gasteiger partial charge in [-0.1, -0.05) is 0 Å². The van der Waals surface area contributed by atoms with Gasteiger partial charge < -0.3 is 14.6 Å². The molecule has 0 saturated carbocycles. The second-order valence-electron chi connectivity index (χ2n) is 4.85. The first-order valence-electron chi connectivity index (χ1n) is 9.05. The summed E-state index contributed by atoms with van der Waals surface area (Å²) in [6.07, 6.45) is 8.66. The number of ether oxygens (including phenoxy) is 2. The molecule has 0 rings (SSSR count). The number of rotatable bonds is 4. The fraction of sp³-hybridized carbons (Fsp3) is 0.0968. The van der Waals surface area contributed by atoms with E-state index in [1.54, 1.807) is 0 Å². The van der Waals surface area contributed by atoms with E-state index in [4.69, 9.17) is 22.3 Å². The van der Waals surface area contributed by atoms with Crippen LogP contribution in [0.4, 0.5) is 0 Å². The first kappa shape index (κ1) is 29.2. The molecule has 0 aromatic rings. The summed E-state index contributed by atoms with van der Waals surface area (Å²) in [5.41, 5.74) is 0. The molecule has 0 spiro atoms. The zero-order valence-electron chi connectivity index (χ0n) is 18.2. The molecule has 0 unspecified atom stereocenters. The smallest absolute Gasteiger partial charge is 0.385 e. The summed E-state index contributed by atoms with van der Waals surface area (Å²) in [6.45, 7) is -1.07. The Kier molecular flexibility index (Phi) is 18.5. The number of aliphatic hydroxyl groups is 1. The van der Waals surface area contributed by atoms with Gasteiger partial charge in [-0.15, -0.1) is 12.8 Å². The van der Waals surface area contributed by atoms with Gasteiger partial charge in [0.15, 0.2) is 6.10 Å². The maximum atomic E-state index is 11.6. The summed E-state index contributed by atoms with van der Waals surface area (Å²) in [5.74, 6) is 53.1. The van der Waals surface area contributed by atoms with Gasteiger partial charge in [0.2, 0.25) is 0 Å². The van der Waals surface area contributed by atoms with Crippen molar-refractivity contribution >= 4 is 11.9 Å². The highest BCUT2D eigenvalue weighted by atomic mass is 16.6. The van der Waals surface area contributed by atoms with Crippen LogP contribution in [-0.2, 0) is 19.1 Å². The van der Waals surface area contributed by atoms with Crippen molar-refractivity contribution in [3.63, 3.8) is 0 Å². The van der Waals surface area contributed by atoms with Gasteiger partial charge in [-0.3, -0.25) is 0 Å². The van der Waals surface area contributed by atoms with Crippen molar-refractivity contribution in [2.45, 2.75) is 6.10 Å². The maximum absolute atomic E-state index is 11.6. The fourth-order valence-corrected chi connectivity index (χ4v) is 1.25. The van der Waals surface area contributed by atoms with Crippen LogP contribution < -0.4 is 0 Å². The van der Waals surface area contributed by atoms with Crippen LogP contribution in [0.2, 0.25) is 0 Å². The maximum Gasteiger partial charge on any atom is 0.385 e. The highest BCUT2D eigenvalue weighted by Gasteiger charge is 2.14. The van der Waals surface area contributed by atoms with Crippen LogP contribution in [0.3, 0.4) is 0 Å². The average Bonchev–Trinajstić information content (AvgIpc) is 2.88. The molecule has 1 atom stereocenters. The first-order valence-corrected chi connectivity index (χ1v) is 9.05. The predicted molar refractivity (Wildman–Crippen MR) is 131 cm³/mol. The van der Waals surface area contributed by atoms with E-state index >= 15 is 0 Å². The van der Waals surface area contributed by atoms with E-state index in [1.807, 2.05) is 0 Å². The van der Waals surface area contributed by atoms with Crippen LogP contribution in [0.25, 0.3) is 0 Å². The van der Waals surface area contributed by atoms with E-state index in [0.29, 0.717) is 0 Å². The van der Waals surface area contributed by atoms with Gasteiger partial charge >= 0.3 is 11.9 Å². The summed E-state index contributed by atoms with van der Waals surface area (Å²) in [7, 11) is 0. The summed E-state index contributed by atoms with van der Waals surface area (Å²) >= 11 is 0. The minimum atomic E-state index is -1.15. The molecule has 0 bridgehead atoms. The molecule has 0 saturated heterocycles. The summed E-state index contributed by atoms with van der Waals surface area (Å²) in [5, 5.41) is 9.22. The quantitative estimate of drug-likeness (QED) is 0.322. The molecule has 0 aliphatic heterocycles. The largest absolute Gasteiger partial charge is 0.452 e. The van der Waals surface area contributed by atoms with Crippen LogP contribution in [0.5, 0.6) is 0 Å². The van der Waals surface area contributed by atoms with Gasteiger partial charge in [0.25, 0.3) is 0 Å². The van der Waals surface area contributed by atoms with Crippen LogP contribution in [0.15, 0.2) is 0 Å². The molecule has 0 heterocycles. The number of aliphatic hydroxyl groups excluding tert-OH is 1. The highest BCUT2D eigenvalue weighted by molar-refractivity contribution is 5.90. The zero-order chi connectivity index (χ0) is 26.5. The molecule has 0 amide bonds. The van der Waals surface area contributed by atoms with Gasteiger partial charge in [-0.05, 0) is 130 Å². The lowest BCUT2D eigenvalue weighted by molar-refractivity contribution is -0.153. The van der Waals surface area contributed by atoms with Crippen molar-refractivity contribution in [1.82, 2.24) is 0 Å². The molecule has 1 N–H and O–H groups in total. The third-order valence-corrected chi connectivity index (χ3v) is 2.48. The van der Waals surface area contributed by atoms with Crippen molar-refractivity contribution in [1.29, 1.82) is 0 Å². The molecular weight excluding hydrogens is 452 g/mol. The standard InChI is InChI=1S/C31H8O5/c1-3-5-7-9-11-13-15-16-18-20-22-24-26-31(34)36-29(27-32)28-35-30(33)25-23-21-19-17-14-12-10-8-6-4-2/h1-2,29,32H,27-28H2/t29-/m1/s1. The normalized spacial score (nSPS) is 6.53. The van der Waals surface area contributed by atoms with Gasteiger partial charge in [0.1, 0.15) is 6.61 Å². The molecule has 5 heteroatoms. The minimum Gasteiger partial charge on any atom is -0.452 e. The molecule has 162 valence electrons. The highest BCUT2D eigenvalue weighted by Crippen LogP contribution is 1.94. The third-order valence-electron chi connectivity index (χ3n) is 2.48. The molecule has 0 aliphatic rings. The number of carbonyl (C=O) groups excluding carboxylic acids is 2. The summed E-state index contributed by atoms with van der Waals surface area (Å²) in [6, 6.07) is 0. The summed E-state index contributed by atoms with van der Waals surface area (Å²) < 4.78 is 9.58. The molecule has 0 aromatic carbocycles. The second kappa shape index (κ2) is 22.9. The van der Waals surface area contributed by atoms with Gasteiger partial charge in [-0.2, -0.15) is 0 Å². The topological polar surface area (TPSA) is 72.8 Å². The first-order chi connectivity index (χ1) is 17.6. The van der Waals surface area contributed by atoms with E-state index in [1.165, 1.54) is 0 Å². The Hall–Kier alpha value is -6.82. The second-order valence-corrected chi connectivity index (χ2v) is 4.85. The lowest BCUT2D eigenvalue weighted by atomic mass is 10.4. The van der Waals surface area contributed by atoms with Gasteiger partial charge in [0.05, 0.1) is 6.61 Å². The Bertz CT molecular complexity index is 1660. The van der Waals surface area contributed by atoms with Crippen LogP contribution >= 0.6 is 0 Å².